The van der Waals surface area contributed by atoms with Crippen molar-refractivity contribution in [2.75, 3.05) is 7.11 Å². The van der Waals surface area contributed by atoms with Crippen molar-refractivity contribution in [2.45, 2.75) is 6.92 Å². The van der Waals surface area contributed by atoms with Crippen molar-refractivity contribution in [1.82, 2.24) is 0 Å². The molecule has 0 bridgehead atoms. The molecule has 2 aromatic rings. The maximum atomic E-state index is 11.2. The molecule has 0 fully saturated rings. The Morgan fingerprint density at radius 2 is 1.76 bits per heavy atom. The van der Waals surface area contributed by atoms with Crippen LogP contribution in [0.2, 0.25) is 0 Å². The van der Waals surface area contributed by atoms with Crippen LogP contribution in [0.15, 0.2) is 42.5 Å². The van der Waals surface area contributed by atoms with E-state index in [-0.39, 0.29) is 17.2 Å². The van der Waals surface area contributed by atoms with E-state index in [9.17, 15) is 14.9 Å². The summed E-state index contributed by atoms with van der Waals surface area (Å²) in [4.78, 5) is 21.5. The molecule has 0 unspecified atom stereocenters. The lowest BCUT2D eigenvalue weighted by atomic mass is 10.1. The molecule has 108 valence electrons. The molecule has 6 heteroatoms. The summed E-state index contributed by atoms with van der Waals surface area (Å²) in [6.07, 6.45) is 0. The largest absolute Gasteiger partial charge is 0.493 e. The van der Waals surface area contributed by atoms with Gasteiger partial charge in [0.25, 0.3) is 5.69 Å². The van der Waals surface area contributed by atoms with E-state index >= 15 is 0 Å². The van der Waals surface area contributed by atoms with Crippen molar-refractivity contribution in [3.63, 3.8) is 0 Å². The fourth-order valence-electron chi connectivity index (χ4n) is 1.74. The van der Waals surface area contributed by atoms with Crippen LogP contribution in [0.3, 0.4) is 0 Å². The molecule has 0 aliphatic heterocycles. The maximum Gasteiger partial charge on any atom is 0.273 e. The Bertz CT molecular complexity index is 679. The van der Waals surface area contributed by atoms with Gasteiger partial charge in [0.15, 0.2) is 17.3 Å². The molecule has 0 N–H and O–H groups in total. The summed E-state index contributed by atoms with van der Waals surface area (Å²) in [5.74, 6) is 1.03. The van der Waals surface area contributed by atoms with Gasteiger partial charge in [-0.05, 0) is 37.3 Å². The Morgan fingerprint density at radius 3 is 2.29 bits per heavy atom. The first-order valence-electron chi connectivity index (χ1n) is 6.12. The van der Waals surface area contributed by atoms with Crippen molar-refractivity contribution in [1.29, 1.82) is 0 Å². The molecule has 0 saturated heterocycles. The van der Waals surface area contributed by atoms with Crippen LogP contribution < -0.4 is 9.47 Å². The topological polar surface area (TPSA) is 78.7 Å². The Balaban J connectivity index is 2.31. The summed E-state index contributed by atoms with van der Waals surface area (Å²) < 4.78 is 10.7. The number of hydrogen-bond donors (Lipinski definition) is 0. The zero-order valence-corrected chi connectivity index (χ0v) is 11.5. The minimum absolute atomic E-state index is 0.0468. The highest BCUT2D eigenvalue weighted by atomic mass is 16.6. The van der Waals surface area contributed by atoms with E-state index < -0.39 is 4.92 Å². The normalized spacial score (nSPS) is 10.0. The Morgan fingerprint density at radius 1 is 1.10 bits per heavy atom. The molecule has 2 aromatic carbocycles. The first kappa shape index (κ1) is 14.5. The van der Waals surface area contributed by atoms with Crippen LogP contribution in [0.5, 0.6) is 17.2 Å². The number of nitrogens with zero attached hydrogens (tertiary/aromatic N) is 1. The van der Waals surface area contributed by atoms with Gasteiger partial charge in [-0.1, -0.05) is 0 Å². The number of carbonyl (C=O) groups excluding carboxylic acids is 1. The molecule has 21 heavy (non-hydrogen) atoms. The Hall–Kier alpha value is -2.89. The number of methoxy groups -OCH3 is 1. The highest BCUT2D eigenvalue weighted by Gasteiger charge is 2.13. The lowest BCUT2D eigenvalue weighted by molar-refractivity contribution is -0.384. The van der Waals surface area contributed by atoms with E-state index in [2.05, 4.69) is 0 Å². The van der Waals surface area contributed by atoms with E-state index in [4.69, 9.17) is 9.47 Å². The molecule has 0 saturated carbocycles. The first-order valence-corrected chi connectivity index (χ1v) is 6.12. The summed E-state index contributed by atoms with van der Waals surface area (Å²) in [6, 6.07) is 10.6. The lowest BCUT2D eigenvalue weighted by Crippen LogP contribution is -1.95. The predicted octanol–water partition coefficient (Wildman–Crippen LogP) is 3.60. The number of carbonyl (C=O) groups is 1. The summed E-state index contributed by atoms with van der Waals surface area (Å²) in [7, 11) is 1.45. The molecule has 0 radical (unpaired) electrons. The summed E-state index contributed by atoms with van der Waals surface area (Å²) in [6.45, 7) is 1.47. The number of ether oxygens (including phenoxy) is 2. The van der Waals surface area contributed by atoms with E-state index in [1.165, 1.54) is 32.2 Å². The monoisotopic (exact) mass is 287 g/mol. The minimum Gasteiger partial charge on any atom is -0.493 e. The van der Waals surface area contributed by atoms with Gasteiger partial charge < -0.3 is 9.47 Å². The standard InChI is InChI=1S/C15H13NO5/c1-10(17)11-3-6-13(7-4-11)21-15-9-12(16(18)19)5-8-14(15)20-2/h3-9H,1-2H3. The number of non-ortho nitro benzene ring substituents is 1. The number of hydrogen-bond acceptors (Lipinski definition) is 5. The fraction of sp³-hybridized carbons (Fsp3) is 0.133. The molecular formula is C15H13NO5. The van der Waals surface area contributed by atoms with Crippen LogP contribution in [0.25, 0.3) is 0 Å². The Labute approximate surface area is 121 Å². The van der Waals surface area contributed by atoms with Crippen LogP contribution in [-0.4, -0.2) is 17.8 Å². The van der Waals surface area contributed by atoms with Crippen LogP contribution in [0.4, 0.5) is 5.69 Å². The molecule has 0 aliphatic carbocycles. The minimum atomic E-state index is -0.509. The number of ketones is 1. The van der Waals surface area contributed by atoms with Crippen molar-refractivity contribution in [3.8, 4) is 17.2 Å². The maximum absolute atomic E-state index is 11.2. The highest BCUT2D eigenvalue weighted by Crippen LogP contribution is 2.34. The van der Waals surface area contributed by atoms with Crippen molar-refractivity contribution < 1.29 is 19.2 Å². The average molecular weight is 287 g/mol. The number of benzene rings is 2. The van der Waals surface area contributed by atoms with Crippen LogP contribution in [0, 0.1) is 10.1 Å². The third-order valence-corrected chi connectivity index (χ3v) is 2.85. The highest BCUT2D eigenvalue weighted by molar-refractivity contribution is 5.94. The third kappa shape index (κ3) is 3.36. The van der Waals surface area contributed by atoms with Crippen molar-refractivity contribution >= 4 is 11.5 Å². The Kier molecular flexibility index (Phi) is 4.18. The van der Waals surface area contributed by atoms with E-state index in [0.29, 0.717) is 17.1 Å². The third-order valence-electron chi connectivity index (χ3n) is 2.85. The zero-order valence-electron chi connectivity index (χ0n) is 11.5. The summed E-state index contributed by atoms with van der Waals surface area (Å²) in [5.41, 5.74) is 0.472. The van der Waals surface area contributed by atoms with Gasteiger partial charge in [-0.25, -0.2) is 0 Å². The van der Waals surface area contributed by atoms with Gasteiger partial charge in [-0.2, -0.15) is 0 Å². The SMILES string of the molecule is COc1ccc([N+](=O)[O-])cc1Oc1ccc(C(C)=O)cc1. The fourth-order valence-corrected chi connectivity index (χ4v) is 1.74. The van der Waals surface area contributed by atoms with E-state index in [1.807, 2.05) is 0 Å². The molecule has 0 heterocycles. The smallest absolute Gasteiger partial charge is 0.273 e. The average Bonchev–Trinajstić information content (AvgIpc) is 2.47. The molecule has 0 amide bonds. The van der Waals surface area contributed by atoms with Crippen LogP contribution in [-0.2, 0) is 0 Å². The summed E-state index contributed by atoms with van der Waals surface area (Å²) in [5, 5.41) is 10.8. The number of rotatable bonds is 5. The van der Waals surface area contributed by atoms with Gasteiger partial charge in [0, 0.05) is 11.6 Å². The van der Waals surface area contributed by atoms with Gasteiger partial charge in [-0.3, -0.25) is 14.9 Å². The second-order valence-corrected chi connectivity index (χ2v) is 4.27. The van der Waals surface area contributed by atoms with E-state index in [1.54, 1.807) is 24.3 Å². The number of nitro benzene ring substituents is 1. The van der Waals surface area contributed by atoms with E-state index in [0.717, 1.165) is 0 Å². The predicted molar refractivity (Wildman–Crippen MR) is 76.2 cm³/mol. The summed E-state index contributed by atoms with van der Waals surface area (Å²) >= 11 is 0. The lowest BCUT2D eigenvalue weighted by Gasteiger charge is -2.10. The van der Waals surface area contributed by atoms with Gasteiger partial charge >= 0.3 is 0 Å². The zero-order chi connectivity index (χ0) is 15.4. The molecule has 0 aromatic heterocycles. The van der Waals surface area contributed by atoms with Crippen LogP contribution >= 0.6 is 0 Å². The second-order valence-electron chi connectivity index (χ2n) is 4.27. The number of Topliss-reactive ketones (excluding diaryl/α,β-unsaturated/α-hetero) is 1. The quantitative estimate of drug-likeness (QED) is 0.477. The molecule has 0 atom stereocenters. The molecule has 6 nitrogen and oxygen atoms in total. The first-order chi connectivity index (χ1) is 10.0. The van der Waals surface area contributed by atoms with Crippen molar-refractivity contribution in [2.24, 2.45) is 0 Å². The molecular weight excluding hydrogens is 274 g/mol. The van der Waals surface area contributed by atoms with Gasteiger partial charge in [0.05, 0.1) is 18.1 Å². The molecule has 2 rings (SSSR count). The molecule has 0 spiro atoms. The van der Waals surface area contributed by atoms with Gasteiger partial charge in [-0.15, -0.1) is 0 Å². The van der Waals surface area contributed by atoms with Gasteiger partial charge in [0.2, 0.25) is 0 Å². The molecule has 0 aliphatic rings. The second kappa shape index (κ2) is 6.04. The number of nitro groups is 1. The van der Waals surface area contributed by atoms with Gasteiger partial charge in [0.1, 0.15) is 5.75 Å². The van der Waals surface area contributed by atoms with Crippen molar-refractivity contribution in [3.05, 3.63) is 58.1 Å². The van der Waals surface area contributed by atoms with Crippen LogP contribution in [0.1, 0.15) is 17.3 Å².